The van der Waals surface area contributed by atoms with Crippen molar-refractivity contribution in [3.63, 3.8) is 0 Å². The molecule has 0 bridgehead atoms. The van der Waals surface area contributed by atoms with E-state index in [2.05, 4.69) is 15.6 Å². The van der Waals surface area contributed by atoms with Gasteiger partial charge in [-0.1, -0.05) is 19.3 Å². The molecule has 1 saturated carbocycles. The zero-order valence-corrected chi connectivity index (χ0v) is 10.0. The van der Waals surface area contributed by atoms with Crippen LogP contribution in [0.2, 0.25) is 0 Å². The van der Waals surface area contributed by atoms with Gasteiger partial charge in [0.25, 0.3) is 0 Å². The molecule has 0 radical (unpaired) electrons. The molecule has 1 heterocycles. The van der Waals surface area contributed by atoms with Crippen molar-refractivity contribution < 1.29 is 9.78 Å². The van der Waals surface area contributed by atoms with E-state index in [-0.39, 0.29) is 6.03 Å². The smallest absolute Gasteiger partial charge is 0.315 e. The Balaban J connectivity index is 1.70. The summed E-state index contributed by atoms with van der Waals surface area (Å²) in [4.78, 5) is 14.6. The average Bonchev–Trinajstić information content (AvgIpc) is 2.39. The van der Waals surface area contributed by atoms with Gasteiger partial charge in [-0.2, -0.15) is 0 Å². The summed E-state index contributed by atoms with van der Waals surface area (Å²) in [5.74, 6) is 0. The molecule has 17 heavy (non-hydrogen) atoms. The minimum Gasteiger partial charge on any atom is -0.335 e. The van der Waals surface area contributed by atoms with Crippen molar-refractivity contribution in [1.82, 2.24) is 10.6 Å². The second-order valence-electron chi connectivity index (χ2n) is 4.57. The molecule has 0 spiro atoms. The number of pyridine rings is 1. The van der Waals surface area contributed by atoms with Crippen LogP contribution in [0.3, 0.4) is 0 Å². The predicted molar refractivity (Wildman–Crippen MR) is 65.2 cm³/mol. The Morgan fingerprint density at radius 3 is 2.65 bits per heavy atom. The van der Waals surface area contributed by atoms with Crippen LogP contribution in [-0.4, -0.2) is 12.1 Å². The minimum atomic E-state index is -0.0512. The number of carbonyl (C=O) groups excluding carboxylic acids is 1. The molecule has 0 aliphatic heterocycles. The monoisotopic (exact) mass is 234 g/mol. The van der Waals surface area contributed by atoms with Gasteiger partial charge in [-0.05, 0) is 18.4 Å². The van der Waals surface area contributed by atoms with E-state index in [0.717, 1.165) is 18.4 Å². The summed E-state index contributed by atoms with van der Waals surface area (Å²) in [6.07, 6.45) is 9.73. The van der Waals surface area contributed by atoms with Gasteiger partial charge in [0.2, 0.25) is 0 Å². The zero-order chi connectivity index (χ0) is 11.9. The van der Waals surface area contributed by atoms with Gasteiger partial charge < -0.3 is 10.6 Å². The fourth-order valence-electron chi connectivity index (χ4n) is 2.20. The van der Waals surface area contributed by atoms with E-state index in [0.29, 0.717) is 12.6 Å². The van der Waals surface area contributed by atoms with Crippen molar-refractivity contribution in [2.75, 3.05) is 0 Å². The third-order valence-corrected chi connectivity index (χ3v) is 3.18. The number of carbonyl (C=O) groups is 1. The minimum absolute atomic E-state index is 0.0512. The molecule has 4 nitrogen and oxygen atoms in total. The van der Waals surface area contributed by atoms with Crippen LogP contribution in [0.1, 0.15) is 37.7 Å². The normalized spacial score (nSPS) is 16.5. The molecule has 1 aromatic rings. The Bertz CT molecular complexity index is 347. The molecule has 1 fully saturated rings. The highest BCUT2D eigenvalue weighted by Crippen LogP contribution is 2.17. The van der Waals surface area contributed by atoms with Gasteiger partial charge in [0.1, 0.15) is 0 Å². The molecular formula is C13H20N3O+. The summed E-state index contributed by atoms with van der Waals surface area (Å²) in [5, 5.41) is 5.91. The molecule has 3 N–H and O–H groups in total. The summed E-state index contributed by atoms with van der Waals surface area (Å²) in [6.45, 7) is 0.577. The van der Waals surface area contributed by atoms with Gasteiger partial charge in [0.05, 0.1) is 0 Å². The lowest BCUT2D eigenvalue weighted by atomic mass is 9.96. The number of rotatable bonds is 3. The third-order valence-electron chi connectivity index (χ3n) is 3.18. The second-order valence-corrected chi connectivity index (χ2v) is 4.57. The van der Waals surface area contributed by atoms with E-state index in [1.807, 2.05) is 24.5 Å². The Hall–Kier alpha value is -1.58. The van der Waals surface area contributed by atoms with Crippen molar-refractivity contribution in [3.8, 4) is 0 Å². The summed E-state index contributed by atoms with van der Waals surface area (Å²) in [7, 11) is 0. The predicted octanol–water partition coefficient (Wildman–Crippen LogP) is 1.63. The van der Waals surface area contributed by atoms with Crippen molar-refractivity contribution in [1.29, 1.82) is 0 Å². The molecule has 2 amide bonds. The maximum absolute atomic E-state index is 11.7. The average molecular weight is 234 g/mol. The maximum atomic E-state index is 11.7. The third kappa shape index (κ3) is 4.06. The first kappa shape index (κ1) is 11.9. The fourth-order valence-corrected chi connectivity index (χ4v) is 2.20. The lowest BCUT2D eigenvalue weighted by molar-refractivity contribution is -0.378. The largest absolute Gasteiger partial charge is 0.335 e. The lowest BCUT2D eigenvalue weighted by Crippen LogP contribution is -2.42. The summed E-state index contributed by atoms with van der Waals surface area (Å²) < 4.78 is 0. The van der Waals surface area contributed by atoms with Crippen LogP contribution in [0, 0.1) is 0 Å². The molecule has 92 valence electrons. The number of hydrogen-bond acceptors (Lipinski definition) is 1. The van der Waals surface area contributed by atoms with Crippen LogP contribution >= 0.6 is 0 Å². The second kappa shape index (κ2) is 6.23. The quantitative estimate of drug-likeness (QED) is 0.820. The molecule has 4 heteroatoms. The maximum Gasteiger partial charge on any atom is 0.315 e. The van der Waals surface area contributed by atoms with E-state index in [1.54, 1.807) is 0 Å². The molecular weight excluding hydrogens is 214 g/mol. The lowest BCUT2D eigenvalue weighted by Gasteiger charge is -2.22. The first-order valence-corrected chi connectivity index (χ1v) is 6.34. The Morgan fingerprint density at radius 2 is 1.94 bits per heavy atom. The first-order chi connectivity index (χ1) is 8.34. The SMILES string of the molecule is O=C(NCc1cc[nH+]cc1)NC1CCCCC1. The fraction of sp³-hybridized carbons (Fsp3) is 0.538. The van der Waals surface area contributed by atoms with Crippen LogP contribution in [0.25, 0.3) is 0 Å². The van der Waals surface area contributed by atoms with Crippen molar-refractivity contribution in [2.45, 2.75) is 44.7 Å². The number of H-pyrrole nitrogens is 1. The van der Waals surface area contributed by atoms with Crippen molar-refractivity contribution >= 4 is 6.03 Å². The van der Waals surface area contributed by atoms with E-state index in [9.17, 15) is 4.79 Å². The van der Waals surface area contributed by atoms with Crippen LogP contribution in [0.15, 0.2) is 24.5 Å². The molecule has 2 rings (SSSR count). The number of aromatic nitrogens is 1. The van der Waals surface area contributed by atoms with Crippen molar-refractivity contribution in [2.24, 2.45) is 0 Å². The van der Waals surface area contributed by atoms with Gasteiger partial charge in [-0.3, -0.25) is 0 Å². The van der Waals surface area contributed by atoms with E-state index < -0.39 is 0 Å². The topological polar surface area (TPSA) is 55.3 Å². The summed E-state index contributed by atoms with van der Waals surface area (Å²) in [5.41, 5.74) is 1.10. The van der Waals surface area contributed by atoms with Gasteiger partial charge in [0.15, 0.2) is 12.4 Å². The van der Waals surface area contributed by atoms with E-state index in [4.69, 9.17) is 0 Å². The van der Waals surface area contributed by atoms with Crippen LogP contribution in [0.4, 0.5) is 4.79 Å². The molecule has 0 atom stereocenters. The first-order valence-electron chi connectivity index (χ1n) is 6.34. The van der Waals surface area contributed by atoms with E-state index in [1.165, 1.54) is 19.3 Å². The number of amides is 2. The van der Waals surface area contributed by atoms with Gasteiger partial charge in [-0.25, -0.2) is 9.78 Å². The van der Waals surface area contributed by atoms with Crippen LogP contribution in [0.5, 0.6) is 0 Å². The molecule has 1 aromatic heterocycles. The molecule has 0 unspecified atom stereocenters. The molecule has 1 aliphatic carbocycles. The number of nitrogens with one attached hydrogen (secondary N) is 3. The highest BCUT2D eigenvalue weighted by Gasteiger charge is 2.15. The number of hydrogen-bond donors (Lipinski definition) is 2. The Labute approximate surface area is 102 Å². The van der Waals surface area contributed by atoms with Gasteiger partial charge >= 0.3 is 6.03 Å². The Kier molecular flexibility index (Phi) is 4.36. The molecule has 0 saturated heterocycles. The van der Waals surface area contributed by atoms with Gasteiger partial charge in [0, 0.05) is 24.7 Å². The number of urea groups is 1. The highest BCUT2D eigenvalue weighted by molar-refractivity contribution is 5.74. The standard InChI is InChI=1S/C13H19N3O/c17-13(16-12-4-2-1-3-5-12)15-10-11-6-8-14-9-7-11/h6-9,12H,1-5,10H2,(H2,15,16,17)/p+1. The number of aromatic amines is 1. The zero-order valence-electron chi connectivity index (χ0n) is 10.0. The van der Waals surface area contributed by atoms with Gasteiger partial charge in [-0.15, -0.1) is 0 Å². The van der Waals surface area contributed by atoms with Crippen LogP contribution in [-0.2, 0) is 6.54 Å². The molecule has 1 aliphatic rings. The van der Waals surface area contributed by atoms with E-state index >= 15 is 0 Å². The van der Waals surface area contributed by atoms with Crippen LogP contribution < -0.4 is 15.6 Å². The summed E-state index contributed by atoms with van der Waals surface area (Å²) in [6, 6.07) is 4.24. The Morgan fingerprint density at radius 1 is 1.24 bits per heavy atom. The molecule has 0 aromatic carbocycles. The highest BCUT2D eigenvalue weighted by atomic mass is 16.2. The summed E-state index contributed by atoms with van der Waals surface area (Å²) >= 11 is 0. The van der Waals surface area contributed by atoms with Crippen molar-refractivity contribution in [3.05, 3.63) is 30.1 Å².